The van der Waals surface area contributed by atoms with Crippen molar-refractivity contribution in [3.8, 4) is 0 Å². The van der Waals surface area contributed by atoms with Crippen LogP contribution in [0.2, 0.25) is 5.02 Å². The Morgan fingerprint density at radius 1 is 0.822 bits per heavy atom. The third kappa shape index (κ3) is 8.96. The van der Waals surface area contributed by atoms with E-state index in [4.69, 9.17) is 11.6 Å². The molecule has 0 aliphatic rings. The first kappa shape index (κ1) is 33.7. The van der Waals surface area contributed by atoms with E-state index in [1.54, 1.807) is 43.3 Å². The normalized spacial score (nSPS) is 12.3. The molecule has 0 radical (unpaired) electrons. The van der Waals surface area contributed by atoms with E-state index in [2.05, 4.69) is 5.32 Å². The molecule has 0 fully saturated rings. The van der Waals surface area contributed by atoms with Crippen LogP contribution < -0.4 is 9.62 Å². The summed E-state index contributed by atoms with van der Waals surface area (Å²) < 4.78 is 29.4. The van der Waals surface area contributed by atoms with Gasteiger partial charge in [-0.25, -0.2) is 8.42 Å². The van der Waals surface area contributed by atoms with Crippen molar-refractivity contribution in [3.05, 3.63) is 130 Å². The number of sulfonamides is 1. The van der Waals surface area contributed by atoms with Crippen LogP contribution in [0.5, 0.6) is 0 Å². The molecule has 0 spiro atoms. The molecule has 0 aliphatic carbocycles. The van der Waals surface area contributed by atoms with E-state index in [9.17, 15) is 18.0 Å². The predicted molar refractivity (Wildman–Crippen MR) is 181 cm³/mol. The standard InChI is InChI=1S/C36H40ClN3O4S/c1-26-16-19-29(20-17-26)24-39(33(35(42)38-36(3,4)5)22-28-12-8-6-9-13-28)34(41)25-40(32-23-30(37)21-18-27(32)2)45(43,44)31-14-10-7-11-15-31/h6-21,23,33H,22,24-25H2,1-5H3,(H,38,42)/t33-/m1/s1. The van der Waals surface area contributed by atoms with Crippen molar-refractivity contribution in [1.29, 1.82) is 0 Å². The Balaban J connectivity index is 1.84. The minimum absolute atomic E-state index is 0.0357. The summed E-state index contributed by atoms with van der Waals surface area (Å²) in [7, 11) is -4.21. The molecule has 7 nitrogen and oxygen atoms in total. The SMILES string of the molecule is Cc1ccc(CN(C(=O)CN(c2cc(Cl)ccc2C)S(=O)(=O)c2ccccc2)[C@H](Cc2ccccc2)C(=O)NC(C)(C)C)cc1. The zero-order valence-corrected chi connectivity index (χ0v) is 27.9. The van der Waals surface area contributed by atoms with Gasteiger partial charge < -0.3 is 10.2 Å². The number of halogens is 1. The van der Waals surface area contributed by atoms with Gasteiger partial charge in [0.25, 0.3) is 10.0 Å². The van der Waals surface area contributed by atoms with Gasteiger partial charge in [0.1, 0.15) is 12.6 Å². The first-order valence-electron chi connectivity index (χ1n) is 14.8. The number of anilines is 1. The van der Waals surface area contributed by atoms with Crippen LogP contribution in [0, 0.1) is 13.8 Å². The van der Waals surface area contributed by atoms with Crippen LogP contribution in [-0.4, -0.2) is 43.3 Å². The van der Waals surface area contributed by atoms with Crippen molar-refractivity contribution in [2.45, 2.75) is 64.1 Å². The molecule has 2 amide bonds. The van der Waals surface area contributed by atoms with Crippen molar-refractivity contribution in [2.75, 3.05) is 10.8 Å². The van der Waals surface area contributed by atoms with Crippen LogP contribution in [-0.2, 0) is 32.6 Å². The number of carbonyl (C=O) groups excluding carboxylic acids is 2. The molecule has 9 heteroatoms. The quantitative estimate of drug-likeness (QED) is 0.197. The Morgan fingerprint density at radius 2 is 1.42 bits per heavy atom. The lowest BCUT2D eigenvalue weighted by Crippen LogP contribution is -2.56. The summed E-state index contributed by atoms with van der Waals surface area (Å²) >= 11 is 6.35. The highest BCUT2D eigenvalue weighted by atomic mass is 35.5. The Labute approximate surface area is 271 Å². The zero-order chi connectivity index (χ0) is 32.8. The van der Waals surface area contributed by atoms with Crippen LogP contribution in [0.15, 0.2) is 108 Å². The second-order valence-electron chi connectivity index (χ2n) is 12.2. The molecule has 0 unspecified atom stereocenters. The molecule has 0 saturated carbocycles. The molecule has 0 aliphatic heterocycles. The second-order valence-corrected chi connectivity index (χ2v) is 14.5. The van der Waals surface area contributed by atoms with Crippen molar-refractivity contribution in [3.63, 3.8) is 0 Å². The van der Waals surface area contributed by atoms with Gasteiger partial charge in [0, 0.05) is 23.5 Å². The zero-order valence-electron chi connectivity index (χ0n) is 26.3. The topological polar surface area (TPSA) is 86.8 Å². The number of carbonyl (C=O) groups is 2. The molecular formula is C36H40ClN3O4S. The highest BCUT2D eigenvalue weighted by molar-refractivity contribution is 7.92. The Kier molecular flexibility index (Phi) is 10.7. The summed E-state index contributed by atoms with van der Waals surface area (Å²) in [5.41, 5.74) is 3.08. The Bertz CT molecular complexity index is 1720. The number of aryl methyl sites for hydroxylation is 2. The van der Waals surface area contributed by atoms with Crippen LogP contribution >= 0.6 is 11.6 Å². The van der Waals surface area contributed by atoms with Gasteiger partial charge in [-0.3, -0.25) is 13.9 Å². The average Bonchev–Trinajstić information content (AvgIpc) is 3.00. The highest BCUT2D eigenvalue weighted by Gasteiger charge is 2.36. The maximum atomic E-state index is 14.6. The number of nitrogens with zero attached hydrogens (tertiary/aromatic N) is 2. The summed E-state index contributed by atoms with van der Waals surface area (Å²) in [6.45, 7) is 8.94. The van der Waals surface area contributed by atoms with Crippen LogP contribution in [0.4, 0.5) is 5.69 Å². The number of benzene rings is 4. The van der Waals surface area contributed by atoms with Crippen molar-refractivity contribution in [2.24, 2.45) is 0 Å². The largest absolute Gasteiger partial charge is 0.350 e. The number of nitrogens with one attached hydrogen (secondary N) is 1. The van der Waals surface area contributed by atoms with Crippen molar-refractivity contribution in [1.82, 2.24) is 10.2 Å². The van der Waals surface area contributed by atoms with Gasteiger partial charge in [0.05, 0.1) is 10.6 Å². The molecule has 45 heavy (non-hydrogen) atoms. The smallest absolute Gasteiger partial charge is 0.264 e. The molecule has 1 N–H and O–H groups in total. The molecule has 4 rings (SSSR count). The summed E-state index contributed by atoms with van der Waals surface area (Å²) in [4.78, 5) is 30.1. The second kappa shape index (κ2) is 14.3. The van der Waals surface area contributed by atoms with Gasteiger partial charge >= 0.3 is 0 Å². The molecule has 0 saturated heterocycles. The summed E-state index contributed by atoms with van der Waals surface area (Å²) in [6, 6.07) is 29.2. The molecule has 4 aromatic rings. The van der Waals surface area contributed by atoms with Crippen molar-refractivity contribution >= 4 is 39.1 Å². The van der Waals surface area contributed by atoms with Gasteiger partial charge in [-0.15, -0.1) is 0 Å². The summed E-state index contributed by atoms with van der Waals surface area (Å²) in [5.74, 6) is -0.859. The minimum atomic E-state index is -4.21. The van der Waals surface area contributed by atoms with Gasteiger partial charge in [-0.2, -0.15) is 0 Å². The third-order valence-electron chi connectivity index (χ3n) is 7.29. The lowest BCUT2D eigenvalue weighted by atomic mass is 10.0. The maximum Gasteiger partial charge on any atom is 0.264 e. The monoisotopic (exact) mass is 645 g/mol. The number of rotatable bonds is 11. The van der Waals surface area contributed by atoms with Crippen LogP contribution in [0.25, 0.3) is 0 Å². The lowest BCUT2D eigenvalue weighted by Gasteiger charge is -2.35. The third-order valence-corrected chi connectivity index (χ3v) is 9.30. The minimum Gasteiger partial charge on any atom is -0.350 e. The predicted octanol–water partition coefficient (Wildman–Crippen LogP) is 6.71. The fourth-order valence-electron chi connectivity index (χ4n) is 4.98. The fourth-order valence-corrected chi connectivity index (χ4v) is 6.64. The molecule has 236 valence electrons. The lowest BCUT2D eigenvalue weighted by molar-refractivity contribution is -0.140. The van der Waals surface area contributed by atoms with Gasteiger partial charge in [0.15, 0.2) is 0 Å². The van der Waals surface area contributed by atoms with E-state index in [1.165, 1.54) is 17.0 Å². The maximum absolute atomic E-state index is 14.6. The summed E-state index contributed by atoms with van der Waals surface area (Å²) in [5, 5.41) is 3.38. The van der Waals surface area contributed by atoms with Gasteiger partial charge in [-0.05, 0) is 75.6 Å². The van der Waals surface area contributed by atoms with Crippen LogP contribution in [0.1, 0.15) is 43.0 Å². The fraction of sp³-hybridized carbons (Fsp3) is 0.278. The van der Waals surface area contributed by atoms with E-state index in [-0.39, 0.29) is 29.5 Å². The molecular weight excluding hydrogens is 606 g/mol. The molecule has 0 aromatic heterocycles. The van der Waals surface area contributed by atoms with Crippen LogP contribution in [0.3, 0.4) is 0 Å². The number of amides is 2. The highest BCUT2D eigenvalue weighted by Crippen LogP contribution is 2.30. The van der Waals surface area contributed by atoms with E-state index in [1.807, 2.05) is 82.3 Å². The van der Waals surface area contributed by atoms with Crippen molar-refractivity contribution < 1.29 is 18.0 Å². The first-order chi connectivity index (χ1) is 21.2. The number of hydrogen-bond acceptors (Lipinski definition) is 4. The first-order valence-corrected chi connectivity index (χ1v) is 16.6. The molecule has 4 aromatic carbocycles. The van der Waals surface area contributed by atoms with E-state index >= 15 is 0 Å². The molecule has 1 atom stereocenters. The molecule has 0 heterocycles. The van der Waals surface area contributed by atoms with Gasteiger partial charge in [0.2, 0.25) is 11.8 Å². The summed E-state index contributed by atoms with van der Waals surface area (Å²) in [6.07, 6.45) is 0.238. The van der Waals surface area contributed by atoms with E-state index < -0.39 is 34.1 Å². The van der Waals surface area contributed by atoms with Gasteiger partial charge in [-0.1, -0.05) is 96.0 Å². The Hall–Kier alpha value is -4.14. The van der Waals surface area contributed by atoms with E-state index in [0.29, 0.717) is 10.6 Å². The Morgan fingerprint density at radius 3 is 2.02 bits per heavy atom. The number of hydrogen-bond donors (Lipinski definition) is 1. The molecule has 0 bridgehead atoms. The average molecular weight is 646 g/mol. The van der Waals surface area contributed by atoms with E-state index in [0.717, 1.165) is 21.0 Å².